The summed E-state index contributed by atoms with van der Waals surface area (Å²) in [5.74, 6) is -0.555. The first-order valence-electron chi connectivity index (χ1n) is 9.66. The molecular weight excluding hydrogens is 466 g/mol. The van der Waals surface area contributed by atoms with Crippen molar-refractivity contribution in [2.45, 2.75) is 13.0 Å². The summed E-state index contributed by atoms with van der Waals surface area (Å²) < 4.78 is 42.6. The van der Waals surface area contributed by atoms with Gasteiger partial charge in [-0.25, -0.2) is 4.98 Å². The molecule has 3 heterocycles. The van der Waals surface area contributed by atoms with Crippen molar-refractivity contribution in [1.29, 1.82) is 0 Å². The summed E-state index contributed by atoms with van der Waals surface area (Å²) in [6.07, 6.45) is -1.13. The molecule has 4 rings (SSSR count). The number of hydrogen-bond acceptors (Lipinski definition) is 5. The van der Waals surface area contributed by atoms with Crippen molar-refractivity contribution in [3.8, 4) is 0 Å². The Hall–Kier alpha value is -1.84. The maximum Gasteiger partial charge on any atom is 0.254 e. The van der Waals surface area contributed by atoms with Gasteiger partial charge in [-0.3, -0.25) is 4.79 Å². The molecule has 7 nitrogen and oxygen atoms in total. The van der Waals surface area contributed by atoms with E-state index in [-0.39, 0.29) is 23.6 Å². The lowest BCUT2D eigenvalue weighted by Gasteiger charge is -2.33. The third kappa shape index (κ3) is 3.38. The van der Waals surface area contributed by atoms with Gasteiger partial charge in [-0.1, -0.05) is 31.9 Å². The fourth-order valence-electron chi connectivity index (χ4n) is 2.56. The fraction of sp³-hybridized carbons (Fsp3) is 0.294. The fourth-order valence-corrected chi connectivity index (χ4v) is 3.85. The topological polar surface area (TPSA) is 72.6 Å². The number of amides is 1. The van der Waals surface area contributed by atoms with Crippen LogP contribution in [0.2, 0.25) is 0 Å². The van der Waals surface area contributed by atoms with Crippen LogP contribution in [0.4, 0.5) is 0 Å². The summed E-state index contributed by atoms with van der Waals surface area (Å²) in [5, 5.41) is 4.03. The summed E-state index contributed by atoms with van der Waals surface area (Å²) >= 11 is 6.62. The van der Waals surface area contributed by atoms with E-state index in [9.17, 15) is 4.79 Å². The van der Waals surface area contributed by atoms with Crippen LogP contribution in [0.5, 0.6) is 0 Å². The number of halogens is 2. The third-order valence-electron chi connectivity index (χ3n) is 3.65. The molecule has 0 N–H and O–H groups in total. The average molecular weight is 485 g/mol. The summed E-state index contributed by atoms with van der Waals surface area (Å²) in [4.78, 5) is 22.2. The molecule has 0 bridgehead atoms. The van der Waals surface area contributed by atoms with Gasteiger partial charge >= 0.3 is 0 Å². The first kappa shape index (κ1) is 13.3. The summed E-state index contributed by atoms with van der Waals surface area (Å²) in [6, 6.07) is 6.26. The normalized spacial score (nSPS) is 27.5. The van der Waals surface area contributed by atoms with Crippen molar-refractivity contribution in [2.75, 3.05) is 19.6 Å². The van der Waals surface area contributed by atoms with Crippen molar-refractivity contribution in [3.63, 3.8) is 0 Å². The van der Waals surface area contributed by atoms with Gasteiger partial charge < -0.3 is 9.64 Å². The lowest BCUT2D eigenvalue weighted by atomic mass is 10.1. The lowest BCUT2D eigenvalue weighted by Crippen LogP contribution is -2.42. The van der Waals surface area contributed by atoms with E-state index < -0.39 is 25.0 Å². The standard InChI is InChI=1S/C17H15Br2N5O2/c1-10-4-14(24-17(22-10)20-9-21-24)15-8-23(2-3-26-15)16(25)11-5-12(18)7-13(19)6-11/h4-7,9,15H,2-3,8H2,1H3/i2D,8D2,15D. The van der Waals surface area contributed by atoms with Gasteiger partial charge in [0.2, 0.25) is 0 Å². The Morgan fingerprint density at radius 2 is 2.12 bits per heavy atom. The summed E-state index contributed by atoms with van der Waals surface area (Å²) in [7, 11) is 0. The first-order chi connectivity index (χ1) is 14.0. The number of fused-ring (bicyclic) bond motifs is 1. The highest BCUT2D eigenvalue weighted by Crippen LogP contribution is 2.26. The molecule has 1 aliphatic heterocycles. The van der Waals surface area contributed by atoms with Crippen molar-refractivity contribution in [3.05, 3.63) is 56.5 Å². The summed E-state index contributed by atoms with van der Waals surface area (Å²) in [5.41, 5.74) is 0.671. The van der Waals surface area contributed by atoms with Gasteiger partial charge in [-0.05, 0) is 31.2 Å². The zero-order valence-electron chi connectivity index (χ0n) is 17.5. The molecular formula is C17H15Br2N5O2. The molecule has 9 heteroatoms. The molecule has 3 aromatic rings. The smallest absolute Gasteiger partial charge is 0.254 e. The number of benzene rings is 1. The van der Waals surface area contributed by atoms with E-state index in [0.717, 1.165) is 4.90 Å². The number of morpholine rings is 1. The Labute approximate surface area is 172 Å². The van der Waals surface area contributed by atoms with E-state index in [4.69, 9.17) is 10.2 Å². The van der Waals surface area contributed by atoms with Gasteiger partial charge in [0.25, 0.3) is 11.7 Å². The van der Waals surface area contributed by atoms with Gasteiger partial charge in [0.1, 0.15) is 12.4 Å². The molecule has 0 radical (unpaired) electrons. The molecule has 26 heavy (non-hydrogen) atoms. The number of hydrogen-bond donors (Lipinski definition) is 0. The van der Waals surface area contributed by atoms with Crippen molar-refractivity contribution >= 4 is 43.5 Å². The van der Waals surface area contributed by atoms with Crippen LogP contribution in [-0.2, 0) is 4.74 Å². The van der Waals surface area contributed by atoms with Gasteiger partial charge in [0.15, 0.2) is 0 Å². The molecule has 1 aliphatic rings. The predicted molar refractivity (Wildman–Crippen MR) is 102 cm³/mol. The van der Waals surface area contributed by atoms with Crippen LogP contribution in [0.3, 0.4) is 0 Å². The van der Waals surface area contributed by atoms with Crippen molar-refractivity contribution in [2.24, 2.45) is 0 Å². The second kappa shape index (κ2) is 7.05. The SMILES string of the molecule is [2H]C1COC([2H])(c2cc(C)nc3ncnn23)C([2H])([2H])N1C(=O)c1cc(Br)cc(Br)c1. The van der Waals surface area contributed by atoms with Crippen molar-refractivity contribution in [1.82, 2.24) is 24.5 Å². The monoisotopic (exact) mass is 483 g/mol. The minimum absolute atomic E-state index is 0.0209. The number of ether oxygens (including phenoxy) is 1. The van der Waals surface area contributed by atoms with Gasteiger partial charge in [0.05, 0.1) is 24.3 Å². The highest BCUT2D eigenvalue weighted by Gasteiger charge is 2.28. The second-order valence-electron chi connectivity index (χ2n) is 5.52. The Kier molecular flexibility index (Phi) is 3.62. The van der Waals surface area contributed by atoms with Crippen LogP contribution >= 0.6 is 31.9 Å². The Morgan fingerprint density at radius 3 is 2.88 bits per heavy atom. The van der Waals surface area contributed by atoms with Gasteiger partial charge in [0, 0.05) is 26.7 Å². The number of nitrogens with zero attached hydrogens (tertiary/aromatic N) is 5. The molecule has 0 saturated carbocycles. The Morgan fingerprint density at radius 1 is 1.35 bits per heavy atom. The quantitative estimate of drug-likeness (QED) is 0.558. The number of rotatable bonds is 2. The van der Waals surface area contributed by atoms with E-state index in [1.54, 1.807) is 13.0 Å². The average Bonchev–Trinajstić information content (AvgIpc) is 3.11. The van der Waals surface area contributed by atoms with E-state index in [1.165, 1.54) is 29.0 Å². The number of aromatic nitrogens is 4. The molecule has 1 fully saturated rings. The van der Waals surface area contributed by atoms with E-state index in [0.29, 0.717) is 14.6 Å². The van der Waals surface area contributed by atoms with Crippen LogP contribution in [0, 0.1) is 6.92 Å². The second-order valence-corrected chi connectivity index (χ2v) is 7.35. The zero-order valence-corrected chi connectivity index (χ0v) is 16.7. The van der Waals surface area contributed by atoms with Crippen LogP contribution in [0.15, 0.2) is 39.5 Å². The third-order valence-corrected chi connectivity index (χ3v) is 4.56. The molecule has 2 atom stereocenters. The predicted octanol–water partition coefficient (Wildman–Crippen LogP) is 3.17. The van der Waals surface area contributed by atoms with E-state index in [2.05, 4.69) is 46.9 Å². The molecule has 0 spiro atoms. The minimum Gasteiger partial charge on any atom is -0.368 e. The Balaban J connectivity index is 1.85. The molecule has 134 valence electrons. The highest BCUT2D eigenvalue weighted by molar-refractivity contribution is 9.11. The maximum absolute atomic E-state index is 13.3. The molecule has 2 unspecified atom stereocenters. The molecule has 1 amide bonds. The number of aryl methyl sites for hydroxylation is 1. The van der Waals surface area contributed by atoms with Crippen LogP contribution < -0.4 is 0 Å². The molecule has 2 aromatic heterocycles. The minimum atomic E-state index is -2.71. The maximum atomic E-state index is 13.3. The van der Waals surface area contributed by atoms with E-state index >= 15 is 0 Å². The zero-order chi connectivity index (χ0) is 21.8. The molecule has 1 aromatic carbocycles. The van der Waals surface area contributed by atoms with Gasteiger partial charge in [-0.15, -0.1) is 0 Å². The van der Waals surface area contributed by atoms with Crippen LogP contribution in [0.1, 0.15) is 33.3 Å². The van der Waals surface area contributed by atoms with Crippen LogP contribution in [0.25, 0.3) is 5.78 Å². The Bertz CT molecular complexity index is 1140. The molecule has 0 aliphatic carbocycles. The highest BCUT2D eigenvalue weighted by atomic mass is 79.9. The van der Waals surface area contributed by atoms with Gasteiger partial charge in [-0.2, -0.15) is 14.6 Å². The lowest BCUT2D eigenvalue weighted by molar-refractivity contribution is -0.0257. The van der Waals surface area contributed by atoms with Crippen molar-refractivity contribution < 1.29 is 15.0 Å². The molecule has 1 saturated heterocycles. The number of carbonyl (C=O) groups excluding carboxylic acids is 1. The number of carbonyl (C=O) groups is 1. The first-order valence-corrected chi connectivity index (χ1v) is 9.17. The van der Waals surface area contributed by atoms with E-state index in [1.807, 2.05) is 0 Å². The largest absolute Gasteiger partial charge is 0.368 e. The summed E-state index contributed by atoms with van der Waals surface area (Å²) in [6.45, 7) is -2.75. The van der Waals surface area contributed by atoms with Crippen LogP contribution in [-0.4, -0.2) is 50.0 Å².